The molecule has 0 unspecified atom stereocenters. The van der Waals surface area contributed by atoms with E-state index < -0.39 is 0 Å². The zero-order valence-corrected chi connectivity index (χ0v) is 11.4. The monoisotopic (exact) mass is 251 g/mol. The largest absolute Gasteiger partial charge is 0.384 e. The van der Waals surface area contributed by atoms with Crippen LogP contribution >= 0.6 is 0 Å². The van der Waals surface area contributed by atoms with Crippen LogP contribution in [0.15, 0.2) is 24.3 Å². The van der Waals surface area contributed by atoms with Crippen molar-refractivity contribution in [2.45, 2.75) is 13.8 Å². The summed E-state index contributed by atoms with van der Waals surface area (Å²) in [5.74, 6) is 0. The number of hydrogen-bond acceptors (Lipinski definition) is 4. The van der Waals surface area contributed by atoms with E-state index in [1.807, 2.05) is 14.1 Å². The van der Waals surface area contributed by atoms with Crippen molar-refractivity contribution >= 4 is 11.4 Å². The van der Waals surface area contributed by atoms with Crippen LogP contribution in [0, 0.1) is 15.5 Å². The van der Waals surface area contributed by atoms with Crippen LogP contribution in [-0.4, -0.2) is 37.0 Å². The Morgan fingerprint density at radius 1 is 1.28 bits per heavy atom. The number of anilines is 1. The maximum Gasteiger partial charge on any atom is 0.269 e. The van der Waals surface area contributed by atoms with Gasteiger partial charge in [-0.3, -0.25) is 10.1 Å². The molecule has 0 saturated heterocycles. The molecule has 18 heavy (non-hydrogen) atoms. The van der Waals surface area contributed by atoms with Crippen LogP contribution in [0.1, 0.15) is 13.8 Å². The Morgan fingerprint density at radius 2 is 1.83 bits per heavy atom. The fourth-order valence-electron chi connectivity index (χ4n) is 1.95. The molecular weight excluding hydrogens is 230 g/mol. The summed E-state index contributed by atoms with van der Waals surface area (Å²) in [6.07, 6.45) is 0. The van der Waals surface area contributed by atoms with Crippen molar-refractivity contribution in [1.82, 2.24) is 4.90 Å². The molecule has 1 aromatic rings. The molecule has 0 aliphatic carbocycles. The van der Waals surface area contributed by atoms with E-state index in [4.69, 9.17) is 0 Å². The molecule has 0 bridgehead atoms. The number of hydrogen-bond donors (Lipinski definition) is 1. The molecule has 0 aliphatic heterocycles. The first kappa shape index (κ1) is 14.4. The summed E-state index contributed by atoms with van der Waals surface area (Å²) >= 11 is 0. The number of nitro groups is 1. The van der Waals surface area contributed by atoms with Gasteiger partial charge in [0, 0.05) is 30.9 Å². The van der Waals surface area contributed by atoms with Crippen LogP contribution in [-0.2, 0) is 0 Å². The number of nitrogens with zero attached hydrogens (tertiary/aromatic N) is 2. The minimum absolute atomic E-state index is 0.119. The number of benzene rings is 1. The van der Waals surface area contributed by atoms with Gasteiger partial charge in [0.15, 0.2) is 0 Å². The lowest BCUT2D eigenvalue weighted by atomic mass is 9.93. The third-order valence-electron chi connectivity index (χ3n) is 2.59. The summed E-state index contributed by atoms with van der Waals surface area (Å²) < 4.78 is 0. The molecule has 0 spiro atoms. The smallest absolute Gasteiger partial charge is 0.269 e. The van der Waals surface area contributed by atoms with Crippen LogP contribution in [0.25, 0.3) is 0 Å². The number of nitro benzene ring substituents is 1. The van der Waals surface area contributed by atoms with E-state index in [0.717, 1.165) is 18.8 Å². The van der Waals surface area contributed by atoms with E-state index in [-0.39, 0.29) is 16.0 Å². The van der Waals surface area contributed by atoms with Crippen LogP contribution < -0.4 is 5.32 Å². The van der Waals surface area contributed by atoms with Gasteiger partial charge in [-0.05, 0) is 31.6 Å². The maximum absolute atomic E-state index is 10.5. The summed E-state index contributed by atoms with van der Waals surface area (Å²) in [5.41, 5.74) is 1.17. The first-order chi connectivity index (χ1) is 8.30. The molecule has 0 aromatic heterocycles. The molecule has 0 atom stereocenters. The quantitative estimate of drug-likeness (QED) is 0.623. The zero-order valence-electron chi connectivity index (χ0n) is 11.4. The molecule has 1 aromatic carbocycles. The SMILES string of the molecule is CN(C)CC(C)(C)CNc1ccc([N+](=O)[O-])cc1. The summed E-state index contributed by atoms with van der Waals surface area (Å²) in [7, 11) is 4.10. The van der Waals surface area contributed by atoms with Crippen LogP contribution in [0.5, 0.6) is 0 Å². The van der Waals surface area contributed by atoms with Crippen LogP contribution in [0.4, 0.5) is 11.4 Å². The molecule has 0 aliphatic rings. The first-order valence-electron chi connectivity index (χ1n) is 5.93. The lowest BCUT2D eigenvalue weighted by molar-refractivity contribution is -0.384. The maximum atomic E-state index is 10.5. The molecule has 0 fully saturated rings. The third kappa shape index (κ3) is 4.71. The molecule has 5 heteroatoms. The molecule has 0 saturated carbocycles. The topological polar surface area (TPSA) is 58.4 Å². The van der Waals surface area contributed by atoms with Crippen LogP contribution in [0.2, 0.25) is 0 Å². The predicted octanol–water partition coefficient (Wildman–Crippen LogP) is 2.59. The first-order valence-corrected chi connectivity index (χ1v) is 5.93. The second-order valence-electron chi connectivity index (χ2n) is 5.56. The van der Waals surface area contributed by atoms with Gasteiger partial charge in [-0.15, -0.1) is 0 Å². The predicted molar refractivity (Wildman–Crippen MR) is 73.9 cm³/mol. The fraction of sp³-hybridized carbons (Fsp3) is 0.538. The Labute approximate surface area is 108 Å². The van der Waals surface area contributed by atoms with Crippen molar-refractivity contribution in [3.8, 4) is 0 Å². The third-order valence-corrected chi connectivity index (χ3v) is 2.59. The fourth-order valence-corrected chi connectivity index (χ4v) is 1.95. The second kappa shape index (κ2) is 5.82. The lowest BCUT2D eigenvalue weighted by Crippen LogP contribution is -2.34. The summed E-state index contributed by atoms with van der Waals surface area (Å²) in [6, 6.07) is 6.51. The van der Waals surface area contributed by atoms with E-state index in [0.29, 0.717) is 0 Å². The average molecular weight is 251 g/mol. The standard InChI is InChI=1S/C13H21N3O2/c1-13(2,10-15(3)4)9-14-11-5-7-12(8-6-11)16(17)18/h5-8,14H,9-10H2,1-4H3. The highest BCUT2D eigenvalue weighted by Gasteiger charge is 2.18. The van der Waals surface area contributed by atoms with Crippen molar-refractivity contribution in [1.29, 1.82) is 0 Å². The minimum Gasteiger partial charge on any atom is -0.384 e. The van der Waals surface area contributed by atoms with Gasteiger partial charge in [0.1, 0.15) is 0 Å². The van der Waals surface area contributed by atoms with Crippen LogP contribution in [0.3, 0.4) is 0 Å². The normalized spacial score (nSPS) is 11.6. The van der Waals surface area contributed by atoms with Crippen molar-refractivity contribution in [2.24, 2.45) is 5.41 Å². The highest BCUT2D eigenvalue weighted by Crippen LogP contribution is 2.19. The van der Waals surface area contributed by atoms with E-state index in [9.17, 15) is 10.1 Å². The number of rotatable bonds is 6. The van der Waals surface area contributed by atoms with Crippen molar-refractivity contribution in [2.75, 3.05) is 32.5 Å². The van der Waals surface area contributed by atoms with Gasteiger partial charge in [0.25, 0.3) is 5.69 Å². The number of nitrogens with one attached hydrogen (secondary N) is 1. The van der Waals surface area contributed by atoms with E-state index in [2.05, 4.69) is 24.1 Å². The Bertz CT molecular complexity index is 399. The molecule has 1 rings (SSSR count). The van der Waals surface area contributed by atoms with Gasteiger partial charge in [-0.1, -0.05) is 13.8 Å². The highest BCUT2D eigenvalue weighted by atomic mass is 16.6. The van der Waals surface area contributed by atoms with Crippen molar-refractivity contribution in [3.63, 3.8) is 0 Å². The lowest BCUT2D eigenvalue weighted by Gasteiger charge is -2.28. The molecular formula is C13H21N3O2. The van der Waals surface area contributed by atoms with Crippen molar-refractivity contribution < 1.29 is 4.92 Å². The average Bonchev–Trinajstić information content (AvgIpc) is 2.25. The highest BCUT2D eigenvalue weighted by molar-refractivity contribution is 5.48. The Hall–Kier alpha value is -1.62. The molecule has 1 N–H and O–H groups in total. The Morgan fingerprint density at radius 3 is 2.28 bits per heavy atom. The van der Waals surface area contributed by atoms with Gasteiger partial charge in [-0.2, -0.15) is 0 Å². The number of non-ortho nitro benzene ring substituents is 1. The molecule has 100 valence electrons. The Kier molecular flexibility index (Phi) is 4.67. The summed E-state index contributed by atoms with van der Waals surface area (Å²) in [5, 5.41) is 13.8. The molecule has 5 nitrogen and oxygen atoms in total. The zero-order chi connectivity index (χ0) is 13.8. The van der Waals surface area contributed by atoms with E-state index >= 15 is 0 Å². The molecule has 0 radical (unpaired) electrons. The Balaban J connectivity index is 2.55. The minimum atomic E-state index is -0.389. The second-order valence-corrected chi connectivity index (χ2v) is 5.56. The van der Waals surface area contributed by atoms with Gasteiger partial charge in [-0.25, -0.2) is 0 Å². The summed E-state index contributed by atoms with van der Waals surface area (Å²) in [4.78, 5) is 12.3. The van der Waals surface area contributed by atoms with E-state index in [1.165, 1.54) is 12.1 Å². The van der Waals surface area contributed by atoms with Gasteiger partial charge in [0.2, 0.25) is 0 Å². The van der Waals surface area contributed by atoms with Gasteiger partial charge >= 0.3 is 0 Å². The molecule has 0 amide bonds. The summed E-state index contributed by atoms with van der Waals surface area (Å²) in [6.45, 7) is 6.17. The van der Waals surface area contributed by atoms with Gasteiger partial charge < -0.3 is 10.2 Å². The van der Waals surface area contributed by atoms with E-state index in [1.54, 1.807) is 12.1 Å². The van der Waals surface area contributed by atoms with Gasteiger partial charge in [0.05, 0.1) is 4.92 Å². The molecule has 0 heterocycles. The van der Waals surface area contributed by atoms with Crippen molar-refractivity contribution in [3.05, 3.63) is 34.4 Å².